The molecule has 0 spiro atoms. The van der Waals surface area contributed by atoms with Gasteiger partial charge in [-0.1, -0.05) is 6.92 Å². The number of aryl methyl sites for hydroxylation is 1. The van der Waals surface area contributed by atoms with Crippen LogP contribution in [0.2, 0.25) is 0 Å². The van der Waals surface area contributed by atoms with Crippen molar-refractivity contribution >= 4 is 11.6 Å². The predicted octanol–water partition coefficient (Wildman–Crippen LogP) is 2.88. The predicted molar refractivity (Wildman–Crippen MR) is 79.1 cm³/mol. The van der Waals surface area contributed by atoms with Gasteiger partial charge < -0.3 is 4.74 Å². The number of hydrogen-bond donors (Lipinski definition) is 0. The maximum Gasteiger partial charge on any atom is 0.358 e. The highest BCUT2D eigenvalue weighted by molar-refractivity contribution is 5.88. The fourth-order valence-electron chi connectivity index (χ4n) is 2.27. The molecule has 6 heteroatoms. The first kappa shape index (κ1) is 14.2. The molecule has 0 saturated heterocycles. The number of rotatable bonds is 3. The van der Waals surface area contributed by atoms with Crippen LogP contribution in [0, 0.1) is 5.82 Å². The van der Waals surface area contributed by atoms with Crippen LogP contribution in [0.4, 0.5) is 4.39 Å². The molecular weight excluding hydrogens is 285 g/mol. The maximum atomic E-state index is 13.0. The van der Waals surface area contributed by atoms with Gasteiger partial charge in [-0.3, -0.25) is 0 Å². The Balaban J connectivity index is 2.17. The van der Waals surface area contributed by atoms with Crippen LogP contribution in [-0.4, -0.2) is 27.7 Å². The number of ether oxygens (including phenoxy) is 1. The quantitative estimate of drug-likeness (QED) is 0.698. The van der Waals surface area contributed by atoms with Crippen LogP contribution in [0.15, 0.2) is 36.5 Å². The Kier molecular flexibility index (Phi) is 3.58. The number of aromatic nitrogens is 3. The molecule has 0 fully saturated rings. The van der Waals surface area contributed by atoms with E-state index in [1.54, 1.807) is 16.6 Å². The highest BCUT2D eigenvalue weighted by atomic mass is 19.1. The van der Waals surface area contributed by atoms with Gasteiger partial charge in [0.05, 0.1) is 19.0 Å². The van der Waals surface area contributed by atoms with E-state index in [9.17, 15) is 9.18 Å². The van der Waals surface area contributed by atoms with Crippen molar-refractivity contribution in [1.29, 1.82) is 0 Å². The number of nitrogens with zero attached hydrogens (tertiary/aromatic N) is 3. The van der Waals surface area contributed by atoms with Crippen molar-refractivity contribution in [2.24, 2.45) is 0 Å². The van der Waals surface area contributed by atoms with E-state index in [2.05, 4.69) is 14.8 Å². The second kappa shape index (κ2) is 5.55. The summed E-state index contributed by atoms with van der Waals surface area (Å²) in [4.78, 5) is 15.9. The van der Waals surface area contributed by atoms with E-state index < -0.39 is 5.97 Å². The van der Waals surface area contributed by atoms with Crippen LogP contribution in [-0.2, 0) is 11.2 Å². The molecule has 3 aromatic rings. The van der Waals surface area contributed by atoms with Crippen LogP contribution < -0.4 is 0 Å². The van der Waals surface area contributed by atoms with E-state index in [-0.39, 0.29) is 11.5 Å². The van der Waals surface area contributed by atoms with Gasteiger partial charge >= 0.3 is 5.97 Å². The number of carbonyl (C=O) groups is 1. The molecule has 3 rings (SSSR count). The van der Waals surface area contributed by atoms with Crippen LogP contribution in [0.5, 0.6) is 0 Å². The van der Waals surface area contributed by atoms with Gasteiger partial charge in [0.1, 0.15) is 5.82 Å². The summed E-state index contributed by atoms with van der Waals surface area (Å²) in [5, 5.41) is 4.45. The monoisotopic (exact) mass is 299 g/mol. The average molecular weight is 299 g/mol. The van der Waals surface area contributed by atoms with Crippen LogP contribution >= 0.6 is 0 Å². The summed E-state index contributed by atoms with van der Waals surface area (Å²) in [5.41, 5.74) is 3.27. The number of esters is 1. The second-order valence-corrected chi connectivity index (χ2v) is 4.80. The minimum absolute atomic E-state index is 0.209. The van der Waals surface area contributed by atoms with Crippen molar-refractivity contribution in [2.75, 3.05) is 7.11 Å². The van der Waals surface area contributed by atoms with Crippen LogP contribution in [0.25, 0.3) is 16.9 Å². The summed E-state index contributed by atoms with van der Waals surface area (Å²) in [6.07, 6.45) is 2.27. The maximum absolute atomic E-state index is 13.0. The Bertz CT molecular complexity index is 840. The zero-order valence-electron chi connectivity index (χ0n) is 12.2. The van der Waals surface area contributed by atoms with Gasteiger partial charge in [-0.2, -0.15) is 5.10 Å². The molecule has 1 aromatic carbocycles. The number of imidazole rings is 1. The number of hydrogen-bond acceptors (Lipinski definition) is 4. The molecule has 0 saturated carbocycles. The molecule has 0 aliphatic heterocycles. The van der Waals surface area contributed by atoms with Crippen molar-refractivity contribution in [3.8, 4) is 11.3 Å². The minimum atomic E-state index is -0.504. The van der Waals surface area contributed by atoms with E-state index >= 15 is 0 Å². The zero-order valence-corrected chi connectivity index (χ0v) is 12.2. The average Bonchev–Trinajstić information content (AvgIpc) is 2.97. The summed E-state index contributed by atoms with van der Waals surface area (Å²) in [7, 11) is 1.31. The highest BCUT2D eigenvalue weighted by Crippen LogP contribution is 2.21. The third kappa shape index (κ3) is 2.43. The molecule has 112 valence electrons. The fraction of sp³-hybridized carbons (Fsp3) is 0.188. The molecule has 0 N–H and O–H groups in total. The largest absolute Gasteiger partial charge is 0.464 e. The Morgan fingerprint density at radius 3 is 2.68 bits per heavy atom. The molecule has 2 heterocycles. The lowest BCUT2D eigenvalue weighted by Gasteiger charge is -2.05. The highest BCUT2D eigenvalue weighted by Gasteiger charge is 2.15. The topological polar surface area (TPSA) is 56.5 Å². The number of halogens is 1. The minimum Gasteiger partial charge on any atom is -0.464 e. The molecule has 2 aromatic heterocycles. The van der Waals surface area contributed by atoms with E-state index in [4.69, 9.17) is 0 Å². The molecule has 22 heavy (non-hydrogen) atoms. The fourth-order valence-corrected chi connectivity index (χ4v) is 2.27. The number of benzene rings is 1. The van der Waals surface area contributed by atoms with Crippen molar-refractivity contribution in [3.63, 3.8) is 0 Å². The molecular formula is C16H14FN3O2. The van der Waals surface area contributed by atoms with Gasteiger partial charge in [0.25, 0.3) is 0 Å². The Hall–Kier alpha value is -2.76. The summed E-state index contributed by atoms with van der Waals surface area (Å²) >= 11 is 0. The smallest absolute Gasteiger partial charge is 0.358 e. The first-order valence-corrected chi connectivity index (χ1v) is 6.86. The Morgan fingerprint density at radius 2 is 2.05 bits per heavy atom. The lowest BCUT2D eigenvalue weighted by Crippen LogP contribution is -2.00. The molecule has 0 bridgehead atoms. The lowest BCUT2D eigenvalue weighted by molar-refractivity contribution is 0.0594. The third-order valence-electron chi connectivity index (χ3n) is 3.42. The normalized spacial score (nSPS) is 10.9. The van der Waals surface area contributed by atoms with E-state index in [1.807, 2.05) is 13.0 Å². The molecule has 0 amide bonds. The number of fused-ring (bicyclic) bond motifs is 1. The van der Waals surface area contributed by atoms with E-state index in [0.717, 1.165) is 17.5 Å². The van der Waals surface area contributed by atoms with Crippen molar-refractivity contribution in [1.82, 2.24) is 14.6 Å². The van der Waals surface area contributed by atoms with Crippen LogP contribution in [0.3, 0.4) is 0 Å². The Morgan fingerprint density at radius 1 is 1.32 bits per heavy atom. The van der Waals surface area contributed by atoms with Crippen LogP contribution in [0.1, 0.15) is 23.0 Å². The lowest BCUT2D eigenvalue weighted by atomic mass is 10.1. The van der Waals surface area contributed by atoms with E-state index in [0.29, 0.717) is 11.3 Å². The van der Waals surface area contributed by atoms with E-state index in [1.165, 1.54) is 25.4 Å². The standard InChI is InChI=1S/C16H14FN3O2/c1-3-10-8-13(11-4-6-12(17)7-5-11)19-20-9-14(16(21)22-2)18-15(10)20/h4-9H,3H2,1-2H3. The Labute approximate surface area is 126 Å². The SMILES string of the molecule is CCc1cc(-c2ccc(F)cc2)nn2cc(C(=O)OC)nc12. The zero-order chi connectivity index (χ0) is 15.7. The van der Waals surface area contributed by atoms with Crippen molar-refractivity contribution in [3.05, 3.63) is 53.6 Å². The van der Waals surface area contributed by atoms with Gasteiger partial charge in [-0.05, 0) is 42.3 Å². The molecule has 0 unspecified atom stereocenters. The third-order valence-corrected chi connectivity index (χ3v) is 3.42. The summed E-state index contributed by atoms with van der Waals surface area (Å²) in [6, 6.07) is 8.01. The number of carbonyl (C=O) groups excluding carboxylic acids is 1. The molecule has 5 nitrogen and oxygen atoms in total. The van der Waals surface area contributed by atoms with Gasteiger partial charge in [0.2, 0.25) is 0 Å². The second-order valence-electron chi connectivity index (χ2n) is 4.80. The summed E-state index contributed by atoms with van der Waals surface area (Å²) in [5.74, 6) is -0.799. The molecule has 0 aliphatic carbocycles. The van der Waals surface area contributed by atoms with Crippen molar-refractivity contribution in [2.45, 2.75) is 13.3 Å². The van der Waals surface area contributed by atoms with Crippen molar-refractivity contribution < 1.29 is 13.9 Å². The molecule has 0 aliphatic rings. The summed E-state index contributed by atoms with van der Waals surface area (Å²) < 4.78 is 19.3. The molecule has 0 radical (unpaired) electrons. The molecule has 0 atom stereocenters. The number of methoxy groups -OCH3 is 1. The van der Waals surface area contributed by atoms with Gasteiger partial charge in [-0.25, -0.2) is 18.7 Å². The first-order chi connectivity index (χ1) is 10.6. The van der Waals surface area contributed by atoms with Gasteiger partial charge in [0, 0.05) is 5.56 Å². The first-order valence-electron chi connectivity index (χ1n) is 6.86. The van der Waals surface area contributed by atoms with Gasteiger partial charge in [0.15, 0.2) is 11.3 Å². The van der Waals surface area contributed by atoms with Gasteiger partial charge in [-0.15, -0.1) is 0 Å². The summed E-state index contributed by atoms with van der Waals surface area (Å²) in [6.45, 7) is 2.00.